The summed E-state index contributed by atoms with van der Waals surface area (Å²) in [7, 11) is 1.62. The Labute approximate surface area is 143 Å². The van der Waals surface area contributed by atoms with E-state index in [1.54, 1.807) is 11.9 Å². The standard InChI is InChI=1S/C17H17N5O3/c1-21-15-13(18-10-19-16(15)23)14(20-21)17(24)22-7-12(8-22)25-9-11-5-3-2-4-6-11/h2-6,10,12H,7-9H2,1H3,(H,18,19,23). The molecule has 0 radical (unpaired) electrons. The maximum atomic E-state index is 12.6. The van der Waals surface area contributed by atoms with Gasteiger partial charge in [0, 0.05) is 20.1 Å². The number of hydrogen-bond donors (Lipinski definition) is 1. The number of aromatic amines is 1. The molecule has 1 saturated heterocycles. The smallest absolute Gasteiger partial charge is 0.276 e. The molecule has 1 aromatic carbocycles. The number of aryl methyl sites for hydroxylation is 1. The van der Waals surface area contributed by atoms with E-state index in [-0.39, 0.29) is 23.3 Å². The molecule has 8 heteroatoms. The van der Waals surface area contributed by atoms with Gasteiger partial charge in [-0.15, -0.1) is 0 Å². The predicted octanol–water partition coefficient (Wildman–Crippen LogP) is 0.698. The van der Waals surface area contributed by atoms with Gasteiger partial charge in [-0.2, -0.15) is 5.10 Å². The van der Waals surface area contributed by atoms with E-state index in [1.807, 2.05) is 30.3 Å². The first-order chi connectivity index (χ1) is 12.1. The third kappa shape index (κ3) is 2.80. The highest BCUT2D eigenvalue weighted by atomic mass is 16.5. The molecule has 25 heavy (non-hydrogen) atoms. The molecule has 0 saturated carbocycles. The summed E-state index contributed by atoms with van der Waals surface area (Å²) in [6, 6.07) is 9.91. The molecule has 8 nitrogen and oxygen atoms in total. The number of likely N-dealkylation sites (tertiary alicyclic amines) is 1. The van der Waals surface area contributed by atoms with Crippen molar-refractivity contribution in [2.24, 2.45) is 7.05 Å². The van der Waals surface area contributed by atoms with E-state index < -0.39 is 0 Å². The quantitative estimate of drug-likeness (QED) is 0.755. The molecular weight excluding hydrogens is 322 g/mol. The summed E-state index contributed by atoms with van der Waals surface area (Å²) in [5.41, 5.74) is 1.61. The third-order valence-corrected chi connectivity index (χ3v) is 4.29. The Morgan fingerprint density at radius 1 is 1.32 bits per heavy atom. The lowest BCUT2D eigenvalue weighted by Crippen LogP contribution is -2.54. The number of rotatable bonds is 4. The first-order valence-corrected chi connectivity index (χ1v) is 7.98. The predicted molar refractivity (Wildman–Crippen MR) is 90.1 cm³/mol. The van der Waals surface area contributed by atoms with Crippen LogP contribution in [0.1, 0.15) is 16.1 Å². The SMILES string of the molecule is Cn1nc(C(=O)N2CC(OCc3ccccc3)C2)c2nc[nH]c(=O)c21. The van der Waals surface area contributed by atoms with Crippen molar-refractivity contribution in [1.29, 1.82) is 0 Å². The fraction of sp³-hybridized carbons (Fsp3) is 0.294. The zero-order valence-corrected chi connectivity index (χ0v) is 13.7. The average molecular weight is 339 g/mol. The van der Waals surface area contributed by atoms with Crippen molar-refractivity contribution in [3.05, 3.63) is 58.3 Å². The van der Waals surface area contributed by atoms with Crippen molar-refractivity contribution < 1.29 is 9.53 Å². The van der Waals surface area contributed by atoms with Crippen molar-refractivity contribution in [2.75, 3.05) is 13.1 Å². The Hall–Kier alpha value is -3.00. The zero-order chi connectivity index (χ0) is 17.4. The Balaban J connectivity index is 1.42. The maximum absolute atomic E-state index is 12.6. The van der Waals surface area contributed by atoms with Gasteiger partial charge in [0.15, 0.2) is 11.2 Å². The minimum absolute atomic E-state index is 0.00972. The minimum Gasteiger partial charge on any atom is -0.370 e. The highest BCUT2D eigenvalue weighted by molar-refractivity contribution is 6.03. The Bertz CT molecular complexity index is 973. The number of amides is 1. The van der Waals surface area contributed by atoms with Crippen LogP contribution in [0.2, 0.25) is 0 Å². The molecule has 4 rings (SSSR count). The van der Waals surface area contributed by atoms with Gasteiger partial charge in [0.25, 0.3) is 11.5 Å². The van der Waals surface area contributed by atoms with Gasteiger partial charge in [0.05, 0.1) is 19.0 Å². The van der Waals surface area contributed by atoms with Crippen molar-refractivity contribution in [3.63, 3.8) is 0 Å². The molecule has 1 fully saturated rings. The van der Waals surface area contributed by atoms with Crippen molar-refractivity contribution in [3.8, 4) is 0 Å². The number of benzene rings is 1. The van der Waals surface area contributed by atoms with Crippen LogP contribution < -0.4 is 5.56 Å². The molecule has 128 valence electrons. The Morgan fingerprint density at radius 2 is 2.08 bits per heavy atom. The number of ether oxygens (including phenoxy) is 1. The van der Waals surface area contributed by atoms with E-state index in [2.05, 4.69) is 15.1 Å². The summed E-state index contributed by atoms with van der Waals surface area (Å²) < 4.78 is 7.19. The fourth-order valence-corrected chi connectivity index (χ4v) is 2.90. The molecule has 3 aromatic rings. The summed E-state index contributed by atoms with van der Waals surface area (Å²) in [5, 5.41) is 4.17. The lowest BCUT2D eigenvalue weighted by molar-refractivity contribution is -0.0504. The van der Waals surface area contributed by atoms with Crippen molar-refractivity contribution >= 4 is 16.9 Å². The molecule has 1 aliphatic rings. The molecule has 0 aliphatic carbocycles. The number of nitrogens with zero attached hydrogens (tertiary/aromatic N) is 4. The van der Waals surface area contributed by atoms with Gasteiger partial charge in [-0.25, -0.2) is 4.98 Å². The third-order valence-electron chi connectivity index (χ3n) is 4.29. The summed E-state index contributed by atoms with van der Waals surface area (Å²) >= 11 is 0. The molecule has 0 atom stereocenters. The molecule has 1 amide bonds. The van der Waals surface area contributed by atoms with Crippen LogP contribution in [0.3, 0.4) is 0 Å². The van der Waals surface area contributed by atoms with Gasteiger partial charge in [-0.1, -0.05) is 30.3 Å². The van der Waals surface area contributed by atoms with Crippen LogP contribution in [0.4, 0.5) is 0 Å². The number of hydrogen-bond acceptors (Lipinski definition) is 5. The summed E-state index contributed by atoms with van der Waals surface area (Å²) in [6.45, 7) is 1.54. The van der Waals surface area contributed by atoms with Gasteiger partial charge >= 0.3 is 0 Å². The maximum Gasteiger partial charge on any atom is 0.276 e. The van der Waals surface area contributed by atoms with E-state index in [9.17, 15) is 9.59 Å². The first-order valence-electron chi connectivity index (χ1n) is 7.98. The molecule has 1 aliphatic heterocycles. The number of fused-ring (bicyclic) bond motifs is 1. The van der Waals surface area contributed by atoms with E-state index in [0.717, 1.165) is 5.56 Å². The van der Waals surface area contributed by atoms with Crippen molar-refractivity contribution in [2.45, 2.75) is 12.7 Å². The summed E-state index contributed by atoms with van der Waals surface area (Å²) in [4.78, 5) is 32.7. The molecule has 3 heterocycles. The second-order valence-corrected chi connectivity index (χ2v) is 6.03. The van der Waals surface area contributed by atoms with Gasteiger partial charge < -0.3 is 14.6 Å². The van der Waals surface area contributed by atoms with Crippen LogP contribution >= 0.6 is 0 Å². The largest absolute Gasteiger partial charge is 0.370 e. The van der Waals surface area contributed by atoms with E-state index in [4.69, 9.17) is 4.74 Å². The normalized spacial score (nSPS) is 14.7. The minimum atomic E-state index is -0.313. The van der Waals surface area contributed by atoms with Crippen LogP contribution in [0.25, 0.3) is 11.0 Å². The Morgan fingerprint density at radius 3 is 2.84 bits per heavy atom. The van der Waals surface area contributed by atoms with Crippen LogP contribution in [-0.2, 0) is 18.4 Å². The van der Waals surface area contributed by atoms with Crippen LogP contribution in [-0.4, -0.2) is 49.7 Å². The molecule has 0 bridgehead atoms. The molecule has 0 spiro atoms. The second-order valence-electron chi connectivity index (χ2n) is 6.03. The van der Waals surface area contributed by atoms with Gasteiger partial charge in [0.2, 0.25) is 0 Å². The van der Waals surface area contributed by atoms with E-state index in [1.165, 1.54) is 11.0 Å². The number of carbonyl (C=O) groups excluding carboxylic acids is 1. The second kappa shape index (κ2) is 6.14. The average Bonchev–Trinajstić information content (AvgIpc) is 2.92. The highest BCUT2D eigenvalue weighted by Crippen LogP contribution is 2.19. The van der Waals surface area contributed by atoms with E-state index in [0.29, 0.717) is 30.7 Å². The van der Waals surface area contributed by atoms with E-state index >= 15 is 0 Å². The van der Waals surface area contributed by atoms with Crippen LogP contribution in [0.15, 0.2) is 41.5 Å². The first kappa shape index (κ1) is 15.5. The molecule has 1 N–H and O–H groups in total. The number of aromatic nitrogens is 4. The fourth-order valence-electron chi connectivity index (χ4n) is 2.90. The lowest BCUT2D eigenvalue weighted by Gasteiger charge is -2.38. The summed E-state index contributed by atoms with van der Waals surface area (Å²) in [6.07, 6.45) is 1.29. The Kier molecular flexibility index (Phi) is 3.81. The zero-order valence-electron chi connectivity index (χ0n) is 13.7. The molecule has 0 unspecified atom stereocenters. The van der Waals surface area contributed by atoms with Gasteiger partial charge in [-0.05, 0) is 5.56 Å². The number of carbonyl (C=O) groups is 1. The summed E-state index contributed by atoms with van der Waals surface area (Å²) in [5.74, 6) is -0.233. The highest BCUT2D eigenvalue weighted by Gasteiger charge is 2.34. The number of nitrogens with one attached hydrogen (secondary N) is 1. The van der Waals surface area contributed by atoms with Gasteiger partial charge in [-0.3, -0.25) is 14.3 Å². The van der Waals surface area contributed by atoms with Crippen molar-refractivity contribution in [1.82, 2.24) is 24.6 Å². The topological polar surface area (TPSA) is 93.1 Å². The lowest BCUT2D eigenvalue weighted by atomic mass is 10.1. The molecular formula is C17H17N5O3. The van der Waals surface area contributed by atoms with Crippen LogP contribution in [0.5, 0.6) is 0 Å². The van der Waals surface area contributed by atoms with Gasteiger partial charge in [0.1, 0.15) is 5.52 Å². The monoisotopic (exact) mass is 339 g/mol. The number of H-pyrrole nitrogens is 1. The van der Waals surface area contributed by atoms with Crippen LogP contribution in [0, 0.1) is 0 Å². The molecule has 2 aromatic heterocycles.